The Morgan fingerprint density at radius 3 is 2.52 bits per heavy atom. The first-order valence-corrected chi connectivity index (χ1v) is 8.99. The molecule has 1 heterocycles. The highest BCUT2D eigenvalue weighted by Crippen LogP contribution is 2.26. The van der Waals surface area contributed by atoms with E-state index >= 15 is 0 Å². The Balaban J connectivity index is 1.76. The number of hydrogen-bond acceptors (Lipinski definition) is 3. The number of hydrogen-bond donors (Lipinski definition) is 1. The lowest BCUT2D eigenvalue weighted by Crippen LogP contribution is -2.45. The highest BCUT2D eigenvalue weighted by molar-refractivity contribution is 9.10. The van der Waals surface area contributed by atoms with Crippen LogP contribution in [0.1, 0.15) is 24.2 Å². The van der Waals surface area contributed by atoms with Gasteiger partial charge in [0.2, 0.25) is 0 Å². The molecule has 1 aliphatic rings. The van der Waals surface area contributed by atoms with Crippen LogP contribution in [-0.4, -0.2) is 31.2 Å². The molecule has 2 atom stereocenters. The van der Waals surface area contributed by atoms with Crippen LogP contribution in [0.15, 0.2) is 46.9 Å². The normalized spacial score (nSPS) is 20.4. The minimum absolute atomic E-state index is 0.0537. The lowest BCUT2D eigenvalue weighted by molar-refractivity contribution is -0.00539. The van der Waals surface area contributed by atoms with E-state index in [0.717, 1.165) is 0 Å². The van der Waals surface area contributed by atoms with Crippen LogP contribution in [0.3, 0.4) is 0 Å². The average Bonchev–Trinajstić information content (AvgIpc) is 2.54. The molecule has 1 N–H and O–H groups in total. The second-order valence-electron chi connectivity index (χ2n) is 6.26. The van der Waals surface area contributed by atoms with Crippen LogP contribution in [0.25, 0.3) is 0 Å². The van der Waals surface area contributed by atoms with Gasteiger partial charge in [0, 0.05) is 23.2 Å². The highest BCUT2D eigenvalue weighted by atomic mass is 79.9. The first-order chi connectivity index (χ1) is 11.9. The lowest BCUT2D eigenvalue weighted by Gasteiger charge is -2.37. The molecule has 6 heteroatoms. The summed E-state index contributed by atoms with van der Waals surface area (Å²) < 4.78 is 21.0. The number of rotatable bonds is 3. The van der Waals surface area contributed by atoms with Gasteiger partial charge in [-0.1, -0.05) is 12.1 Å². The minimum Gasteiger partial charge on any atom is -0.372 e. The van der Waals surface area contributed by atoms with E-state index in [4.69, 9.17) is 4.74 Å². The number of carbonyl (C=O) groups excluding carboxylic acids is 1. The summed E-state index contributed by atoms with van der Waals surface area (Å²) in [5.74, 6) is -0.639. The molecular weight excluding hydrogens is 387 g/mol. The molecule has 1 saturated heterocycles. The Labute approximate surface area is 155 Å². The van der Waals surface area contributed by atoms with E-state index in [2.05, 4.69) is 21.2 Å². The van der Waals surface area contributed by atoms with E-state index < -0.39 is 0 Å². The van der Waals surface area contributed by atoms with Crippen molar-refractivity contribution in [3.63, 3.8) is 0 Å². The molecule has 0 spiro atoms. The van der Waals surface area contributed by atoms with Crippen LogP contribution in [-0.2, 0) is 4.74 Å². The second-order valence-corrected chi connectivity index (χ2v) is 7.12. The number of ether oxygens (including phenoxy) is 1. The van der Waals surface area contributed by atoms with Gasteiger partial charge in [0.25, 0.3) is 5.91 Å². The number of morpholine rings is 1. The Kier molecular flexibility index (Phi) is 5.39. The molecule has 0 aromatic heterocycles. The van der Waals surface area contributed by atoms with Crippen molar-refractivity contribution in [2.75, 3.05) is 23.3 Å². The van der Waals surface area contributed by atoms with Crippen LogP contribution in [0, 0.1) is 5.82 Å². The van der Waals surface area contributed by atoms with Crippen molar-refractivity contribution in [1.29, 1.82) is 0 Å². The van der Waals surface area contributed by atoms with E-state index in [9.17, 15) is 9.18 Å². The SMILES string of the molecule is CC1CN(c2ccc(NC(=O)c3ccccc3Br)cc2F)CC(C)O1. The summed E-state index contributed by atoms with van der Waals surface area (Å²) in [7, 11) is 0. The average molecular weight is 407 g/mol. The summed E-state index contributed by atoms with van der Waals surface area (Å²) in [5.41, 5.74) is 1.46. The molecule has 25 heavy (non-hydrogen) atoms. The maximum Gasteiger partial charge on any atom is 0.256 e. The summed E-state index contributed by atoms with van der Waals surface area (Å²) in [4.78, 5) is 14.3. The molecule has 1 amide bonds. The molecule has 0 saturated carbocycles. The Hall–Kier alpha value is -1.92. The molecule has 132 valence electrons. The maximum atomic E-state index is 14.6. The predicted molar refractivity (Wildman–Crippen MR) is 101 cm³/mol. The standard InChI is InChI=1S/C19H20BrFN2O2/c1-12-10-23(11-13(2)25-12)18-8-7-14(9-17(18)21)22-19(24)15-5-3-4-6-16(15)20/h3-9,12-13H,10-11H2,1-2H3,(H,22,24). The predicted octanol–water partition coefficient (Wildman–Crippen LogP) is 4.45. The largest absolute Gasteiger partial charge is 0.372 e. The summed E-state index contributed by atoms with van der Waals surface area (Å²) in [5, 5.41) is 2.74. The topological polar surface area (TPSA) is 41.6 Å². The van der Waals surface area contributed by atoms with Gasteiger partial charge in [0.05, 0.1) is 23.5 Å². The zero-order valence-electron chi connectivity index (χ0n) is 14.1. The van der Waals surface area contributed by atoms with Gasteiger partial charge >= 0.3 is 0 Å². The third-order valence-corrected chi connectivity index (χ3v) is 4.78. The van der Waals surface area contributed by atoms with E-state index in [0.29, 0.717) is 34.5 Å². The van der Waals surface area contributed by atoms with Crippen LogP contribution in [0.5, 0.6) is 0 Å². The molecule has 3 rings (SSSR count). The van der Waals surface area contributed by atoms with E-state index in [1.54, 1.807) is 30.3 Å². The molecule has 2 unspecified atom stereocenters. The van der Waals surface area contributed by atoms with Crippen LogP contribution in [0.2, 0.25) is 0 Å². The second kappa shape index (κ2) is 7.54. The van der Waals surface area contributed by atoms with Gasteiger partial charge in [0.15, 0.2) is 0 Å². The molecular formula is C19H20BrFN2O2. The summed E-state index contributed by atoms with van der Waals surface area (Å²) >= 11 is 3.35. The smallest absolute Gasteiger partial charge is 0.256 e. The third-order valence-electron chi connectivity index (χ3n) is 4.08. The third kappa shape index (κ3) is 4.19. The van der Waals surface area contributed by atoms with Crippen molar-refractivity contribution < 1.29 is 13.9 Å². The summed E-state index contributed by atoms with van der Waals surface area (Å²) in [6.45, 7) is 5.24. The van der Waals surface area contributed by atoms with E-state index in [1.807, 2.05) is 24.8 Å². The number of nitrogens with one attached hydrogen (secondary N) is 1. The molecule has 4 nitrogen and oxygen atoms in total. The molecule has 0 bridgehead atoms. The van der Waals surface area contributed by atoms with E-state index in [1.165, 1.54) is 6.07 Å². The van der Waals surface area contributed by atoms with Crippen molar-refractivity contribution in [2.24, 2.45) is 0 Å². The van der Waals surface area contributed by atoms with Gasteiger partial charge in [-0.05, 0) is 60.1 Å². The van der Waals surface area contributed by atoms with Crippen molar-refractivity contribution in [1.82, 2.24) is 0 Å². The number of amides is 1. The van der Waals surface area contributed by atoms with Crippen molar-refractivity contribution in [3.05, 3.63) is 58.3 Å². The quantitative estimate of drug-likeness (QED) is 0.818. The van der Waals surface area contributed by atoms with Gasteiger partial charge in [-0.2, -0.15) is 0 Å². The molecule has 2 aromatic carbocycles. The Morgan fingerprint density at radius 2 is 1.88 bits per heavy atom. The maximum absolute atomic E-state index is 14.6. The lowest BCUT2D eigenvalue weighted by atomic mass is 10.1. The van der Waals surface area contributed by atoms with Crippen LogP contribution in [0.4, 0.5) is 15.8 Å². The fourth-order valence-electron chi connectivity index (χ4n) is 3.06. The number of carbonyl (C=O) groups is 1. The Morgan fingerprint density at radius 1 is 1.20 bits per heavy atom. The zero-order valence-corrected chi connectivity index (χ0v) is 15.7. The summed E-state index contributed by atoms with van der Waals surface area (Å²) in [6.07, 6.45) is 0.107. The number of nitrogens with zero attached hydrogens (tertiary/aromatic N) is 1. The van der Waals surface area contributed by atoms with Crippen molar-refractivity contribution in [2.45, 2.75) is 26.1 Å². The first kappa shape index (κ1) is 17.9. The van der Waals surface area contributed by atoms with E-state index in [-0.39, 0.29) is 23.9 Å². The monoisotopic (exact) mass is 406 g/mol. The first-order valence-electron chi connectivity index (χ1n) is 8.20. The fraction of sp³-hybridized carbons (Fsp3) is 0.316. The number of anilines is 2. The molecule has 0 radical (unpaired) electrons. The zero-order chi connectivity index (χ0) is 18.0. The van der Waals surface area contributed by atoms with Crippen LogP contribution < -0.4 is 10.2 Å². The van der Waals surface area contributed by atoms with Gasteiger partial charge in [-0.15, -0.1) is 0 Å². The van der Waals surface area contributed by atoms with Crippen molar-refractivity contribution >= 4 is 33.2 Å². The Bertz CT molecular complexity index is 774. The van der Waals surface area contributed by atoms with Crippen LogP contribution >= 0.6 is 15.9 Å². The van der Waals surface area contributed by atoms with Gasteiger partial charge < -0.3 is 15.0 Å². The molecule has 1 aliphatic heterocycles. The van der Waals surface area contributed by atoms with Gasteiger partial charge in [-0.3, -0.25) is 4.79 Å². The highest BCUT2D eigenvalue weighted by Gasteiger charge is 2.24. The minimum atomic E-state index is -0.355. The fourth-order valence-corrected chi connectivity index (χ4v) is 3.52. The van der Waals surface area contributed by atoms with Gasteiger partial charge in [0.1, 0.15) is 5.82 Å². The van der Waals surface area contributed by atoms with Gasteiger partial charge in [-0.25, -0.2) is 4.39 Å². The summed E-state index contributed by atoms with van der Waals surface area (Å²) in [6, 6.07) is 11.9. The van der Waals surface area contributed by atoms with Crippen molar-refractivity contribution in [3.8, 4) is 0 Å². The molecule has 0 aliphatic carbocycles. The number of halogens is 2. The molecule has 2 aromatic rings. The molecule has 1 fully saturated rings. The number of benzene rings is 2.